The van der Waals surface area contributed by atoms with Crippen molar-refractivity contribution in [1.82, 2.24) is 15.5 Å². The molecule has 1 aliphatic rings. The van der Waals surface area contributed by atoms with Crippen LogP contribution in [0.4, 0.5) is 0 Å². The Balaban J connectivity index is 1.69. The van der Waals surface area contributed by atoms with Gasteiger partial charge >= 0.3 is 7.60 Å². The molecule has 1 fully saturated rings. The zero-order chi connectivity index (χ0) is 24.7. The van der Waals surface area contributed by atoms with E-state index in [0.29, 0.717) is 19.4 Å². The van der Waals surface area contributed by atoms with Crippen LogP contribution in [0.3, 0.4) is 0 Å². The van der Waals surface area contributed by atoms with Gasteiger partial charge in [-0.3, -0.25) is 18.9 Å². The third kappa shape index (κ3) is 7.30. The number of likely N-dealkylation sites (tertiary alicyclic amines) is 1. The van der Waals surface area contributed by atoms with Gasteiger partial charge in [0, 0.05) is 20.0 Å². The maximum absolute atomic E-state index is 13.2. The molecule has 1 saturated heterocycles. The van der Waals surface area contributed by atoms with Crippen LogP contribution in [0, 0.1) is 0 Å². The largest absolute Gasteiger partial charge is 0.357 e. The monoisotopic (exact) mass is 507 g/mol. The molecule has 3 rings (SSSR count). The van der Waals surface area contributed by atoms with Crippen molar-refractivity contribution in [1.29, 1.82) is 0 Å². The number of nitrogens with one attached hydrogen (secondary N) is 2. The molecule has 0 bridgehead atoms. The lowest BCUT2D eigenvalue weighted by Crippen LogP contribution is -2.56. The summed E-state index contributed by atoms with van der Waals surface area (Å²) in [6.07, 6.45) is 2.29. The van der Waals surface area contributed by atoms with E-state index in [9.17, 15) is 18.9 Å². The zero-order valence-electron chi connectivity index (χ0n) is 19.0. The molecule has 2 aromatic carbocycles. The number of piperidine rings is 1. The average Bonchev–Trinajstić information content (AvgIpc) is 2.82. The Hall–Kier alpha value is -2.39. The molecule has 2 aromatic rings. The normalized spacial score (nSPS) is 17.3. The van der Waals surface area contributed by atoms with Gasteiger partial charge in [0.2, 0.25) is 17.7 Å². The van der Waals surface area contributed by atoms with Crippen LogP contribution < -0.4 is 10.6 Å². The number of carbonyl (C=O) groups is 3. The summed E-state index contributed by atoms with van der Waals surface area (Å²) in [6, 6.07) is 12.3. The van der Waals surface area contributed by atoms with Gasteiger partial charge in [-0.1, -0.05) is 42.5 Å². The minimum atomic E-state index is -4.21. The van der Waals surface area contributed by atoms with Gasteiger partial charge in [-0.05, 0) is 35.6 Å². The summed E-state index contributed by atoms with van der Waals surface area (Å²) in [7, 11) is -2.70. The van der Waals surface area contributed by atoms with Gasteiger partial charge in [0.05, 0.1) is 11.2 Å². The van der Waals surface area contributed by atoms with Crippen molar-refractivity contribution in [2.24, 2.45) is 0 Å². The lowest BCUT2D eigenvalue weighted by atomic mass is 9.98. The standard InChI is InChI=1S/C23H30N3O6PS/c1-24-22(28)19(13-16-9-10-17-6-2-3-7-18(17)12-16)25-23(29)20-8-4-5-11-26(20)21(27)14-34-15-33(30,31)32/h2-3,6-7,9-10,12,19-20H,4-5,8,11,13-15H2,1H3,(H,24,28)(H,25,29)(H2,30,31,32)/t19-,20-/m0/s1. The first-order valence-electron chi connectivity index (χ1n) is 11.1. The van der Waals surface area contributed by atoms with E-state index in [-0.39, 0.29) is 17.6 Å². The summed E-state index contributed by atoms with van der Waals surface area (Å²) in [6.45, 7) is 0.392. The van der Waals surface area contributed by atoms with Crippen LogP contribution >= 0.6 is 19.4 Å². The Labute approximate surface area is 202 Å². The lowest BCUT2D eigenvalue weighted by molar-refractivity contribution is -0.141. The minimum Gasteiger partial charge on any atom is -0.357 e. The fourth-order valence-electron chi connectivity index (χ4n) is 4.09. The van der Waals surface area contributed by atoms with Crippen molar-refractivity contribution in [3.05, 3.63) is 48.0 Å². The highest BCUT2D eigenvalue weighted by molar-refractivity contribution is 8.04. The molecule has 34 heavy (non-hydrogen) atoms. The number of hydrogen-bond donors (Lipinski definition) is 4. The van der Waals surface area contributed by atoms with Crippen LogP contribution in [0.1, 0.15) is 24.8 Å². The van der Waals surface area contributed by atoms with Gasteiger partial charge in [0.25, 0.3) is 0 Å². The molecule has 2 atom stereocenters. The fourth-order valence-corrected chi connectivity index (χ4v) is 5.75. The molecule has 0 radical (unpaired) electrons. The predicted octanol–water partition coefficient (Wildman–Crippen LogP) is 1.86. The van der Waals surface area contributed by atoms with Crippen LogP contribution in [0.5, 0.6) is 0 Å². The fraction of sp³-hybridized carbons (Fsp3) is 0.435. The van der Waals surface area contributed by atoms with Gasteiger partial charge in [-0.2, -0.15) is 0 Å². The summed E-state index contributed by atoms with van der Waals surface area (Å²) in [5.74, 6) is -1.19. The van der Waals surface area contributed by atoms with Crippen molar-refractivity contribution in [2.45, 2.75) is 37.8 Å². The number of thioether (sulfide) groups is 1. The van der Waals surface area contributed by atoms with Crippen LogP contribution in [0.25, 0.3) is 10.8 Å². The SMILES string of the molecule is CNC(=O)[C@H](Cc1ccc2ccccc2c1)NC(=O)[C@@H]1CCCCN1C(=O)CSCP(=O)(O)O. The average molecular weight is 508 g/mol. The van der Waals surface area contributed by atoms with E-state index in [2.05, 4.69) is 10.6 Å². The smallest absolute Gasteiger partial charge is 0.335 e. The van der Waals surface area contributed by atoms with Gasteiger partial charge in [0.15, 0.2) is 0 Å². The summed E-state index contributed by atoms with van der Waals surface area (Å²) in [5, 5.41) is 7.54. The highest BCUT2D eigenvalue weighted by Gasteiger charge is 2.34. The molecule has 1 heterocycles. The Morgan fingerprint density at radius 2 is 1.88 bits per heavy atom. The van der Waals surface area contributed by atoms with Crippen LogP contribution in [-0.2, 0) is 25.4 Å². The van der Waals surface area contributed by atoms with E-state index in [4.69, 9.17) is 9.79 Å². The Kier molecular flexibility index (Phi) is 9.13. The number of rotatable bonds is 9. The molecule has 1 aliphatic heterocycles. The third-order valence-electron chi connectivity index (χ3n) is 5.74. The highest BCUT2D eigenvalue weighted by atomic mass is 32.2. The van der Waals surface area contributed by atoms with Crippen molar-refractivity contribution < 1.29 is 28.7 Å². The number of nitrogens with zero attached hydrogens (tertiary/aromatic N) is 1. The van der Waals surface area contributed by atoms with Crippen LogP contribution in [0.15, 0.2) is 42.5 Å². The number of amides is 3. The van der Waals surface area contributed by atoms with Crippen LogP contribution in [-0.4, -0.2) is 69.3 Å². The lowest BCUT2D eigenvalue weighted by Gasteiger charge is -2.35. The molecule has 3 amide bonds. The first-order valence-corrected chi connectivity index (χ1v) is 14.0. The van der Waals surface area contributed by atoms with Crippen molar-refractivity contribution >= 4 is 47.9 Å². The Morgan fingerprint density at radius 3 is 2.59 bits per heavy atom. The maximum Gasteiger partial charge on any atom is 0.335 e. The first kappa shape index (κ1) is 26.2. The number of benzene rings is 2. The second-order valence-electron chi connectivity index (χ2n) is 8.30. The van der Waals surface area contributed by atoms with Gasteiger partial charge in [0.1, 0.15) is 12.1 Å². The van der Waals surface area contributed by atoms with Crippen LogP contribution in [0.2, 0.25) is 0 Å². The summed E-state index contributed by atoms with van der Waals surface area (Å²) in [4.78, 5) is 57.9. The molecule has 9 nitrogen and oxygen atoms in total. The second kappa shape index (κ2) is 11.8. The van der Waals surface area contributed by atoms with Gasteiger partial charge in [-0.15, -0.1) is 11.8 Å². The second-order valence-corrected chi connectivity index (χ2v) is 11.4. The Bertz CT molecular complexity index is 1090. The van der Waals surface area contributed by atoms with Crippen molar-refractivity contribution in [3.63, 3.8) is 0 Å². The molecule has 0 unspecified atom stereocenters. The minimum absolute atomic E-state index is 0.120. The Morgan fingerprint density at radius 1 is 1.15 bits per heavy atom. The van der Waals surface area contributed by atoms with Crippen molar-refractivity contribution in [2.75, 3.05) is 24.8 Å². The topological polar surface area (TPSA) is 136 Å². The number of fused-ring (bicyclic) bond motifs is 1. The molecule has 0 spiro atoms. The molecule has 4 N–H and O–H groups in total. The summed E-state index contributed by atoms with van der Waals surface area (Å²) < 4.78 is 11.0. The number of carbonyl (C=O) groups excluding carboxylic acids is 3. The van der Waals surface area contributed by atoms with E-state index < -0.39 is 31.1 Å². The van der Waals surface area contributed by atoms with E-state index in [1.165, 1.54) is 11.9 Å². The van der Waals surface area contributed by atoms with Gasteiger partial charge in [-0.25, -0.2) is 0 Å². The summed E-state index contributed by atoms with van der Waals surface area (Å²) in [5.41, 5.74) is 0.450. The zero-order valence-corrected chi connectivity index (χ0v) is 20.7. The molecule has 0 aliphatic carbocycles. The van der Waals surface area contributed by atoms with Gasteiger partial charge < -0.3 is 25.3 Å². The molecular formula is C23H30N3O6PS. The maximum atomic E-state index is 13.2. The molecule has 0 aromatic heterocycles. The highest BCUT2D eigenvalue weighted by Crippen LogP contribution is 2.38. The molecule has 11 heteroatoms. The summed E-state index contributed by atoms with van der Waals surface area (Å²) >= 11 is 0.851. The van der Waals surface area contributed by atoms with E-state index in [0.717, 1.165) is 40.9 Å². The number of hydrogen-bond acceptors (Lipinski definition) is 5. The third-order valence-corrected chi connectivity index (χ3v) is 8.27. The van der Waals surface area contributed by atoms with E-state index in [1.807, 2.05) is 42.5 Å². The van der Waals surface area contributed by atoms with Crippen molar-refractivity contribution in [3.8, 4) is 0 Å². The number of likely N-dealkylation sites (N-methyl/N-ethyl adjacent to an activating group) is 1. The molecule has 0 saturated carbocycles. The first-order chi connectivity index (χ1) is 16.2. The molecule has 184 valence electrons. The predicted molar refractivity (Wildman–Crippen MR) is 132 cm³/mol. The molecular weight excluding hydrogens is 477 g/mol. The quantitative estimate of drug-likeness (QED) is 0.381. The van der Waals surface area contributed by atoms with E-state index in [1.54, 1.807) is 0 Å². The van der Waals surface area contributed by atoms with E-state index >= 15 is 0 Å².